The molecule has 0 saturated carbocycles. The Kier molecular flexibility index (Phi) is 5.72. The van der Waals surface area contributed by atoms with E-state index in [0.717, 1.165) is 6.42 Å². The molecule has 0 radical (unpaired) electrons. The Morgan fingerprint density at radius 3 is 2.80 bits per heavy atom. The Morgan fingerprint density at radius 2 is 2.10 bits per heavy atom. The molecule has 0 fully saturated rings. The van der Waals surface area contributed by atoms with Gasteiger partial charge in [0.25, 0.3) is 5.91 Å². The fourth-order valence-electron chi connectivity index (χ4n) is 3.50. The number of furan rings is 1. The van der Waals surface area contributed by atoms with Crippen molar-refractivity contribution in [3.05, 3.63) is 87.7 Å². The third kappa shape index (κ3) is 3.76. The van der Waals surface area contributed by atoms with Crippen LogP contribution in [0.4, 0.5) is 0 Å². The molecule has 30 heavy (non-hydrogen) atoms. The van der Waals surface area contributed by atoms with E-state index < -0.39 is 17.7 Å². The molecule has 0 spiro atoms. The van der Waals surface area contributed by atoms with Gasteiger partial charge in [-0.1, -0.05) is 25.1 Å². The third-order valence-electron chi connectivity index (χ3n) is 4.85. The number of hydrogen-bond acceptors (Lipinski definition) is 6. The molecule has 1 amide bonds. The Balaban J connectivity index is 1.77. The number of aliphatic hydroxyl groups excluding tert-OH is 1. The van der Waals surface area contributed by atoms with Gasteiger partial charge in [0, 0.05) is 0 Å². The SMILES string of the molecule is CCCOc1cccc(C2C(C(=O)c3cccs3)=C(O)C(=O)N2Cc2ccco2)c1. The minimum atomic E-state index is -0.748. The molecule has 6 nitrogen and oxygen atoms in total. The number of nitrogens with zero attached hydrogens (tertiary/aromatic N) is 1. The minimum absolute atomic E-state index is 0.0710. The zero-order valence-electron chi connectivity index (χ0n) is 16.4. The van der Waals surface area contributed by atoms with E-state index in [4.69, 9.17) is 9.15 Å². The van der Waals surface area contributed by atoms with Crippen LogP contribution in [0.5, 0.6) is 5.75 Å². The standard InChI is InChI=1S/C23H21NO5S/c1-2-10-28-16-7-3-6-15(13-16)20-19(21(25)18-9-5-12-30-18)22(26)23(27)24(20)14-17-8-4-11-29-17/h3-9,11-13,20,26H,2,10,14H2,1H3. The molecule has 1 aromatic carbocycles. The van der Waals surface area contributed by atoms with Crippen LogP contribution in [0.25, 0.3) is 0 Å². The quantitative estimate of drug-likeness (QED) is 0.521. The van der Waals surface area contributed by atoms with Crippen LogP contribution in [0.3, 0.4) is 0 Å². The molecule has 1 unspecified atom stereocenters. The van der Waals surface area contributed by atoms with E-state index >= 15 is 0 Å². The molecular formula is C23H21NO5S. The normalized spacial score (nSPS) is 16.4. The van der Waals surface area contributed by atoms with Crippen molar-refractivity contribution >= 4 is 23.0 Å². The maximum absolute atomic E-state index is 13.2. The second kappa shape index (κ2) is 8.59. The lowest BCUT2D eigenvalue weighted by Crippen LogP contribution is -2.30. The summed E-state index contributed by atoms with van der Waals surface area (Å²) in [5.74, 6) is -0.276. The molecule has 0 bridgehead atoms. The van der Waals surface area contributed by atoms with Crippen LogP contribution in [0, 0.1) is 0 Å². The van der Waals surface area contributed by atoms with Crippen LogP contribution < -0.4 is 4.74 Å². The predicted octanol–water partition coefficient (Wildman–Crippen LogP) is 4.91. The number of amides is 1. The minimum Gasteiger partial charge on any atom is -0.503 e. The van der Waals surface area contributed by atoms with Crippen LogP contribution in [-0.4, -0.2) is 28.3 Å². The van der Waals surface area contributed by atoms with Crippen LogP contribution in [0.1, 0.15) is 40.4 Å². The van der Waals surface area contributed by atoms with Crippen molar-refractivity contribution in [2.24, 2.45) is 0 Å². The molecule has 2 aromatic heterocycles. The van der Waals surface area contributed by atoms with Gasteiger partial charge in [-0.05, 0) is 47.7 Å². The van der Waals surface area contributed by atoms with Crippen molar-refractivity contribution in [3.63, 3.8) is 0 Å². The summed E-state index contributed by atoms with van der Waals surface area (Å²) in [4.78, 5) is 28.1. The lowest BCUT2D eigenvalue weighted by Gasteiger charge is -2.26. The Hall–Kier alpha value is -3.32. The van der Waals surface area contributed by atoms with Crippen molar-refractivity contribution < 1.29 is 23.8 Å². The first-order valence-electron chi connectivity index (χ1n) is 9.67. The van der Waals surface area contributed by atoms with Gasteiger partial charge in [-0.25, -0.2) is 0 Å². The highest BCUT2D eigenvalue weighted by molar-refractivity contribution is 7.12. The lowest BCUT2D eigenvalue weighted by molar-refractivity contribution is -0.130. The monoisotopic (exact) mass is 423 g/mol. The van der Waals surface area contributed by atoms with Gasteiger partial charge in [-0.15, -0.1) is 11.3 Å². The number of aliphatic hydroxyl groups is 1. The van der Waals surface area contributed by atoms with Gasteiger partial charge in [0.2, 0.25) is 5.78 Å². The molecule has 4 rings (SSSR count). The van der Waals surface area contributed by atoms with E-state index in [2.05, 4.69) is 0 Å². The van der Waals surface area contributed by atoms with Crippen molar-refractivity contribution in [3.8, 4) is 5.75 Å². The summed E-state index contributed by atoms with van der Waals surface area (Å²) in [7, 11) is 0. The third-order valence-corrected chi connectivity index (χ3v) is 5.71. The second-order valence-electron chi connectivity index (χ2n) is 6.90. The highest BCUT2D eigenvalue weighted by atomic mass is 32.1. The Bertz CT molecular complexity index is 1070. The molecule has 3 aromatic rings. The number of rotatable bonds is 8. The van der Waals surface area contributed by atoms with Crippen molar-refractivity contribution in [1.82, 2.24) is 4.90 Å². The molecule has 7 heteroatoms. The smallest absolute Gasteiger partial charge is 0.290 e. The maximum atomic E-state index is 13.2. The number of ether oxygens (including phenoxy) is 1. The summed E-state index contributed by atoms with van der Waals surface area (Å²) < 4.78 is 11.1. The Morgan fingerprint density at radius 1 is 1.23 bits per heavy atom. The number of carbonyl (C=O) groups excluding carboxylic acids is 2. The number of ketones is 1. The summed E-state index contributed by atoms with van der Waals surface area (Å²) in [6.45, 7) is 2.70. The van der Waals surface area contributed by atoms with Gasteiger partial charge in [-0.2, -0.15) is 0 Å². The largest absolute Gasteiger partial charge is 0.503 e. The molecule has 154 valence electrons. The summed E-state index contributed by atoms with van der Waals surface area (Å²) in [5, 5.41) is 12.5. The van der Waals surface area contributed by atoms with Crippen LogP contribution in [0.15, 0.2) is 75.9 Å². The predicted molar refractivity (Wildman–Crippen MR) is 113 cm³/mol. The summed E-state index contributed by atoms with van der Waals surface area (Å²) in [5.41, 5.74) is 0.758. The van der Waals surface area contributed by atoms with Gasteiger partial charge in [0.05, 0.1) is 35.9 Å². The zero-order chi connectivity index (χ0) is 21.1. The first-order chi connectivity index (χ1) is 14.6. The van der Waals surface area contributed by atoms with E-state index in [0.29, 0.717) is 28.6 Å². The lowest BCUT2D eigenvalue weighted by atomic mass is 9.95. The van der Waals surface area contributed by atoms with E-state index in [1.54, 1.807) is 29.6 Å². The van der Waals surface area contributed by atoms with Crippen LogP contribution >= 0.6 is 11.3 Å². The Labute approximate surface area is 178 Å². The topological polar surface area (TPSA) is 80.0 Å². The molecule has 0 saturated heterocycles. The van der Waals surface area contributed by atoms with Gasteiger partial charge < -0.3 is 19.2 Å². The van der Waals surface area contributed by atoms with E-state index in [1.807, 2.05) is 31.2 Å². The average Bonchev–Trinajstić information content (AvgIpc) is 3.51. The fourth-order valence-corrected chi connectivity index (χ4v) is 4.18. The molecular weight excluding hydrogens is 402 g/mol. The molecule has 3 heterocycles. The van der Waals surface area contributed by atoms with Crippen molar-refractivity contribution in [1.29, 1.82) is 0 Å². The number of thiophene rings is 1. The second-order valence-corrected chi connectivity index (χ2v) is 7.85. The molecule has 1 aliphatic rings. The van der Waals surface area contributed by atoms with Gasteiger partial charge in [0.15, 0.2) is 5.76 Å². The highest BCUT2D eigenvalue weighted by Gasteiger charge is 2.44. The van der Waals surface area contributed by atoms with Crippen molar-refractivity contribution in [2.45, 2.75) is 25.9 Å². The van der Waals surface area contributed by atoms with Crippen molar-refractivity contribution in [2.75, 3.05) is 6.61 Å². The zero-order valence-corrected chi connectivity index (χ0v) is 17.2. The molecule has 1 atom stereocenters. The average molecular weight is 423 g/mol. The summed E-state index contributed by atoms with van der Waals surface area (Å²) >= 11 is 1.27. The maximum Gasteiger partial charge on any atom is 0.290 e. The van der Waals surface area contributed by atoms with Gasteiger partial charge >= 0.3 is 0 Å². The summed E-state index contributed by atoms with van der Waals surface area (Å²) in [6, 6.07) is 13.5. The summed E-state index contributed by atoms with van der Waals surface area (Å²) in [6.07, 6.45) is 2.38. The molecule has 1 aliphatic heterocycles. The number of Topliss-reactive ketones (excluding diaryl/α,β-unsaturated/α-hetero) is 1. The highest BCUT2D eigenvalue weighted by Crippen LogP contribution is 2.41. The fraction of sp³-hybridized carbons (Fsp3) is 0.217. The first-order valence-corrected chi connectivity index (χ1v) is 10.6. The van der Waals surface area contributed by atoms with E-state index in [9.17, 15) is 14.7 Å². The van der Waals surface area contributed by atoms with Crippen LogP contribution in [0.2, 0.25) is 0 Å². The van der Waals surface area contributed by atoms with Gasteiger partial charge in [0.1, 0.15) is 11.5 Å². The number of hydrogen-bond donors (Lipinski definition) is 1. The number of carbonyl (C=O) groups is 2. The van der Waals surface area contributed by atoms with E-state index in [-0.39, 0.29) is 17.9 Å². The molecule has 1 N–H and O–H groups in total. The van der Waals surface area contributed by atoms with Crippen LogP contribution in [-0.2, 0) is 11.3 Å². The van der Waals surface area contributed by atoms with E-state index in [1.165, 1.54) is 22.5 Å². The van der Waals surface area contributed by atoms with Gasteiger partial charge in [-0.3, -0.25) is 9.59 Å². The first kappa shape index (κ1) is 20.0. The molecule has 0 aliphatic carbocycles. The number of benzene rings is 1.